The predicted octanol–water partition coefficient (Wildman–Crippen LogP) is 5.00. The zero-order valence-electron chi connectivity index (χ0n) is 18.6. The Labute approximate surface area is 192 Å². The van der Waals surface area contributed by atoms with Gasteiger partial charge < -0.3 is 14.9 Å². The average Bonchev–Trinajstić information content (AvgIpc) is 3.63. The number of carbonyl (C=O) groups is 1. The Morgan fingerprint density at radius 2 is 1.91 bits per heavy atom. The summed E-state index contributed by atoms with van der Waals surface area (Å²) in [6.45, 7) is 1.95. The lowest BCUT2D eigenvalue weighted by atomic mass is 9.92. The number of nitrogens with zero attached hydrogens (tertiary/aromatic N) is 1. The third-order valence-electron chi connectivity index (χ3n) is 5.76. The molecule has 2 aromatic carbocycles. The number of aliphatic hydroxyl groups is 2. The first-order valence-electron chi connectivity index (χ1n) is 11.3. The van der Waals surface area contributed by atoms with E-state index in [4.69, 9.17) is 9.72 Å². The summed E-state index contributed by atoms with van der Waals surface area (Å²) in [6.07, 6.45) is 3.47. The zero-order chi connectivity index (χ0) is 23.4. The molecule has 0 saturated heterocycles. The highest BCUT2D eigenvalue weighted by Crippen LogP contribution is 2.45. The van der Waals surface area contributed by atoms with Gasteiger partial charge in [0.2, 0.25) is 0 Å². The fourth-order valence-electron chi connectivity index (χ4n) is 4.07. The van der Waals surface area contributed by atoms with Gasteiger partial charge in [0, 0.05) is 28.9 Å². The third-order valence-corrected chi connectivity index (χ3v) is 5.76. The number of para-hydroxylation sites is 1. The lowest BCUT2D eigenvalue weighted by molar-refractivity contribution is -0.145. The molecular weight excluding hydrogens is 421 g/mol. The van der Waals surface area contributed by atoms with E-state index in [9.17, 15) is 19.4 Å². The van der Waals surface area contributed by atoms with E-state index in [1.807, 2.05) is 30.3 Å². The van der Waals surface area contributed by atoms with E-state index in [1.165, 1.54) is 12.1 Å². The summed E-state index contributed by atoms with van der Waals surface area (Å²) in [4.78, 5) is 16.5. The fourth-order valence-corrected chi connectivity index (χ4v) is 4.07. The Morgan fingerprint density at radius 3 is 2.61 bits per heavy atom. The number of aromatic nitrogens is 1. The number of hydrogen-bond acceptors (Lipinski definition) is 5. The molecule has 2 N–H and O–H groups in total. The molecule has 0 aliphatic heterocycles. The fraction of sp³-hybridized carbons (Fsp3) is 0.333. The Morgan fingerprint density at radius 1 is 1.18 bits per heavy atom. The zero-order valence-corrected chi connectivity index (χ0v) is 18.6. The molecule has 0 radical (unpaired) electrons. The SMILES string of the molecule is CCOC(=O)CC(O)CC(O)/C=C/c1c(C2CC2)nc2ccccc2c1-c1ccc(F)cc1. The third kappa shape index (κ3) is 5.64. The van der Waals surface area contributed by atoms with Crippen molar-refractivity contribution in [2.75, 3.05) is 6.61 Å². The maximum atomic E-state index is 13.6. The number of halogens is 1. The molecule has 1 saturated carbocycles. The maximum Gasteiger partial charge on any atom is 0.308 e. The first-order chi connectivity index (χ1) is 16.0. The molecule has 0 amide bonds. The first kappa shape index (κ1) is 23.1. The van der Waals surface area contributed by atoms with Crippen molar-refractivity contribution in [1.29, 1.82) is 0 Å². The number of aliphatic hydroxyl groups excluding tert-OH is 2. The lowest BCUT2D eigenvalue weighted by Crippen LogP contribution is -2.20. The molecule has 5 nitrogen and oxygen atoms in total. The molecule has 1 fully saturated rings. The van der Waals surface area contributed by atoms with Crippen LogP contribution in [-0.4, -0.2) is 40.0 Å². The van der Waals surface area contributed by atoms with Crippen LogP contribution in [0.15, 0.2) is 54.6 Å². The summed E-state index contributed by atoms with van der Waals surface area (Å²) < 4.78 is 18.5. The maximum absolute atomic E-state index is 13.6. The van der Waals surface area contributed by atoms with Crippen molar-refractivity contribution in [3.05, 3.63) is 71.7 Å². The van der Waals surface area contributed by atoms with Crippen molar-refractivity contribution in [3.63, 3.8) is 0 Å². The lowest BCUT2D eigenvalue weighted by Gasteiger charge is -2.16. The molecule has 6 heteroatoms. The monoisotopic (exact) mass is 449 g/mol. The van der Waals surface area contributed by atoms with Gasteiger partial charge in [-0.15, -0.1) is 0 Å². The molecule has 4 rings (SSSR count). The highest BCUT2D eigenvalue weighted by molar-refractivity contribution is 5.99. The van der Waals surface area contributed by atoms with E-state index in [0.29, 0.717) is 5.92 Å². The second-order valence-electron chi connectivity index (χ2n) is 8.41. The normalized spacial score (nSPS) is 15.6. The highest BCUT2D eigenvalue weighted by Gasteiger charge is 2.29. The molecule has 1 aliphatic carbocycles. The molecule has 2 unspecified atom stereocenters. The first-order valence-corrected chi connectivity index (χ1v) is 11.3. The van der Waals surface area contributed by atoms with Gasteiger partial charge in [-0.1, -0.05) is 42.5 Å². The molecule has 2 atom stereocenters. The Kier molecular flexibility index (Phi) is 7.16. The molecule has 0 spiro atoms. The number of fused-ring (bicyclic) bond motifs is 1. The van der Waals surface area contributed by atoms with Gasteiger partial charge in [-0.05, 0) is 43.5 Å². The largest absolute Gasteiger partial charge is 0.466 e. The van der Waals surface area contributed by atoms with Gasteiger partial charge in [0.15, 0.2) is 0 Å². The van der Waals surface area contributed by atoms with E-state index in [2.05, 4.69) is 0 Å². The van der Waals surface area contributed by atoms with Crippen LogP contribution < -0.4 is 0 Å². The van der Waals surface area contributed by atoms with Crippen LogP contribution >= 0.6 is 0 Å². The number of benzene rings is 2. The van der Waals surface area contributed by atoms with Gasteiger partial charge in [0.25, 0.3) is 0 Å². The summed E-state index contributed by atoms with van der Waals surface area (Å²) in [5.74, 6) is -0.447. The van der Waals surface area contributed by atoms with Gasteiger partial charge in [0.1, 0.15) is 5.82 Å². The molecule has 0 bridgehead atoms. The van der Waals surface area contributed by atoms with Crippen LogP contribution in [0, 0.1) is 5.82 Å². The smallest absolute Gasteiger partial charge is 0.308 e. The molecule has 33 heavy (non-hydrogen) atoms. The van der Waals surface area contributed by atoms with Crippen LogP contribution in [0.1, 0.15) is 49.8 Å². The minimum atomic E-state index is -1.00. The van der Waals surface area contributed by atoms with Crippen molar-refractivity contribution in [1.82, 2.24) is 4.98 Å². The van der Waals surface area contributed by atoms with Crippen LogP contribution in [0.5, 0.6) is 0 Å². The van der Waals surface area contributed by atoms with Gasteiger partial charge >= 0.3 is 5.97 Å². The minimum Gasteiger partial charge on any atom is -0.466 e. The van der Waals surface area contributed by atoms with Crippen molar-refractivity contribution < 1.29 is 24.1 Å². The number of hydrogen-bond donors (Lipinski definition) is 2. The molecular formula is C27H28FNO4. The topological polar surface area (TPSA) is 79.7 Å². The number of esters is 1. The van der Waals surface area contributed by atoms with E-state index in [-0.39, 0.29) is 25.3 Å². The van der Waals surface area contributed by atoms with Crippen molar-refractivity contribution in [2.45, 2.75) is 50.7 Å². The van der Waals surface area contributed by atoms with E-state index < -0.39 is 18.2 Å². The standard InChI is InChI=1S/C27H28FNO4/c1-2-33-25(32)16-21(31)15-20(30)13-14-23-26(17-9-11-19(28)12-10-17)22-5-3-4-6-24(22)29-27(23)18-7-8-18/h3-6,9-14,18,20-21,30-31H,2,7-8,15-16H2,1H3/b14-13+. The average molecular weight is 450 g/mol. The van der Waals surface area contributed by atoms with E-state index in [0.717, 1.165) is 46.1 Å². The van der Waals surface area contributed by atoms with Gasteiger partial charge in [-0.2, -0.15) is 0 Å². The predicted molar refractivity (Wildman–Crippen MR) is 126 cm³/mol. The van der Waals surface area contributed by atoms with Gasteiger partial charge in [0.05, 0.1) is 36.4 Å². The number of carbonyl (C=O) groups excluding carboxylic acids is 1. The summed E-state index contributed by atoms with van der Waals surface area (Å²) >= 11 is 0. The summed E-state index contributed by atoms with van der Waals surface area (Å²) in [6, 6.07) is 14.3. The molecule has 172 valence electrons. The summed E-state index contributed by atoms with van der Waals surface area (Å²) in [7, 11) is 0. The number of pyridine rings is 1. The van der Waals surface area contributed by atoms with Crippen LogP contribution in [0.2, 0.25) is 0 Å². The Hall–Kier alpha value is -3.09. The van der Waals surface area contributed by atoms with Gasteiger partial charge in [-0.25, -0.2) is 4.39 Å². The highest BCUT2D eigenvalue weighted by atomic mass is 19.1. The van der Waals surface area contributed by atoms with Crippen LogP contribution in [0.3, 0.4) is 0 Å². The van der Waals surface area contributed by atoms with Crippen molar-refractivity contribution >= 4 is 22.9 Å². The summed E-state index contributed by atoms with van der Waals surface area (Å²) in [5.41, 5.74) is 4.54. The van der Waals surface area contributed by atoms with Crippen LogP contribution in [0.4, 0.5) is 4.39 Å². The van der Waals surface area contributed by atoms with Crippen molar-refractivity contribution in [2.24, 2.45) is 0 Å². The van der Waals surface area contributed by atoms with Crippen LogP contribution in [-0.2, 0) is 9.53 Å². The number of ether oxygens (including phenoxy) is 1. The van der Waals surface area contributed by atoms with Crippen molar-refractivity contribution in [3.8, 4) is 11.1 Å². The molecule has 1 heterocycles. The molecule has 1 aliphatic rings. The number of rotatable bonds is 9. The summed E-state index contributed by atoms with van der Waals surface area (Å²) in [5, 5.41) is 21.6. The Bertz CT molecular complexity index is 1150. The van der Waals surface area contributed by atoms with Gasteiger partial charge in [-0.3, -0.25) is 9.78 Å². The molecule has 1 aromatic heterocycles. The minimum absolute atomic E-state index is 0.0148. The Balaban J connectivity index is 1.70. The van der Waals surface area contributed by atoms with Crippen LogP contribution in [0.25, 0.3) is 28.1 Å². The second kappa shape index (κ2) is 10.2. The quantitative estimate of drug-likeness (QED) is 0.450. The molecule has 3 aromatic rings. The second-order valence-corrected chi connectivity index (χ2v) is 8.41. The van der Waals surface area contributed by atoms with E-state index >= 15 is 0 Å². The van der Waals surface area contributed by atoms with E-state index in [1.54, 1.807) is 25.1 Å².